The largest absolute Gasteiger partial charge is 0.468 e. The first-order valence-corrected chi connectivity index (χ1v) is 67.1. The average Bonchev–Trinajstić information content (AvgIpc) is 1.53. The molecule has 0 spiro atoms. The second-order valence-corrected chi connectivity index (χ2v) is 55.4. The van der Waals surface area contributed by atoms with Gasteiger partial charge < -0.3 is 4.74 Å². The molecule has 0 saturated heterocycles. The van der Waals surface area contributed by atoms with E-state index in [-0.39, 0.29) is 22.7 Å². The number of halogens is 2. The van der Waals surface area contributed by atoms with Crippen molar-refractivity contribution in [3.8, 4) is 71.4 Å². The van der Waals surface area contributed by atoms with E-state index in [4.69, 9.17) is 27.9 Å². The van der Waals surface area contributed by atoms with Crippen LogP contribution in [0.15, 0.2) is 105 Å². The van der Waals surface area contributed by atoms with Gasteiger partial charge in [-0.3, -0.25) is 9.59 Å². The number of unbranched alkanes of at least 4 members (excludes halogenated alkanes) is 32. The second-order valence-electron chi connectivity index (χ2n) is 40.7. The van der Waals surface area contributed by atoms with Gasteiger partial charge in [0.25, 0.3) is 0 Å². The van der Waals surface area contributed by atoms with Gasteiger partial charge in [0.05, 0.1) is 79.0 Å². The Morgan fingerprint density at radius 2 is 0.687 bits per heavy atom. The molecule has 3 aliphatic rings. The van der Waals surface area contributed by atoms with Crippen molar-refractivity contribution in [2.45, 2.75) is 392 Å². The van der Waals surface area contributed by atoms with E-state index in [1.165, 1.54) is 388 Å². The average molecular weight is 2240 g/mol. The number of thioether (sulfide) groups is 2. The fraction of sp³-hybridized carbons (Fsp3) is 0.528. The molecular formula is C123H146Cl2N6O3S13. The Morgan fingerprint density at radius 3 is 1.05 bits per heavy atom. The van der Waals surface area contributed by atoms with Gasteiger partial charge in [0.15, 0.2) is 17.3 Å². The van der Waals surface area contributed by atoms with Gasteiger partial charge in [-0.05, 0) is 123 Å². The van der Waals surface area contributed by atoms with Crippen LogP contribution in [-0.4, -0.2) is 23.1 Å². The molecule has 4 atom stereocenters. The van der Waals surface area contributed by atoms with Crippen molar-refractivity contribution in [1.82, 2.24) is 0 Å². The van der Waals surface area contributed by atoms with E-state index in [9.17, 15) is 36.4 Å². The molecule has 9 nitrogen and oxygen atoms in total. The molecule has 0 N–H and O–H groups in total. The van der Waals surface area contributed by atoms with E-state index < -0.39 is 5.60 Å². The maximum atomic E-state index is 15.0. The number of carbonyl (C=O) groups excluding carboxylic acids is 2. The summed E-state index contributed by atoms with van der Waals surface area (Å²) < 4.78 is 14.0. The quantitative estimate of drug-likeness (QED) is 0.0153. The predicted octanol–water partition coefficient (Wildman–Crippen LogP) is 44.4. The number of hydrogen-bond acceptors (Lipinski definition) is 22. The minimum absolute atomic E-state index is 0.111. The number of fused-ring (bicyclic) bond motifs is 11. The first-order chi connectivity index (χ1) is 72.0. The minimum atomic E-state index is -1.23. The number of nitriles is 6. The van der Waals surface area contributed by atoms with Crippen LogP contribution < -0.4 is 4.74 Å². The molecule has 0 aromatic carbocycles. The highest BCUT2D eigenvalue weighted by Crippen LogP contribution is 2.66. The van der Waals surface area contributed by atoms with Crippen LogP contribution in [0.25, 0.3) is 80.8 Å². The predicted molar refractivity (Wildman–Crippen MR) is 647 cm³/mol. The maximum Gasteiger partial charge on any atom is 0.204 e. The van der Waals surface area contributed by atoms with Gasteiger partial charge in [0.1, 0.15) is 57.3 Å². The topological polar surface area (TPSA) is 186 Å². The molecule has 1 aliphatic heterocycles. The summed E-state index contributed by atoms with van der Waals surface area (Å²) >= 11 is 38.4. The zero-order valence-electron chi connectivity index (χ0n) is 87.6. The summed E-state index contributed by atoms with van der Waals surface area (Å²) in [5, 5.41) is 63.8. The lowest BCUT2D eigenvalue weighted by Gasteiger charge is -2.36. The van der Waals surface area contributed by atoms with E-state index in [1.54, 1.807) is 47.0 Å². The Morgan fingerprint density at radius 1 is 0.354 bits per heavy atom. The molecule has 14 rings (SSSR count). The number of Topliss-reactive ketones (excluding diaryl/α,β-unsaturated/α-hetero) is 2. The van der Waals surface area contributed by atoms with E-state index in [1.807, 2.05) is 92.4 Å². The molecule has 2 aliphatic carbocycles. The third-order valence-electron chi connectivity index (χ3n) is 29.5. The van der Waals surface area contributed by atoms with Crippen molar-refractivity contribution in [2.24, 2.45) is 23.7 Å². The third kappa shape index (κ3) is 29.5. The van der Waals surface area contributed by atoms with Crippen molar-refractivity contribution in [1.29, 1.82) is 31.6 Å². The lowest BCUT2D eigenvalue weighted by Crippen LogP contribution is -2.36. The van der Waals surface area contributed by atoms with Gasteiger partial charge in [0.2, 0.25) is 5.60 Å². The summed E-state index contributed by atoms with van der Waals surface area (Å²) in [6.45, 7) is 18.4. The standard InChI is InChI=1S/C123H146Cl2N6O3S13/c1-9-17-25-33-37-45-53-81(51-41-29-21-13-5)63-96-94(124)70-105(141-96)123(106-71-95(125)97(142-106)64-82(52-42-30-22-14-6)54-46-38-34-26-18-10-2)93-69-102(115-98(135-79-83(55-43-31-23-15-7)57-47-39-35-27-19-11-3)65-87(137-115)59-49-61-91-107(85(73-126)74-127)120-109(111(91)132)117-100(145-120)67-89(77-130)139-117)143-114(93)122-113(134-123)119-104(147-122)72-103(144-119)116-99(136-80-84(56-44-32-24-16-8)58-48-40-36-28-20-12-4)66-88(138-116)60-50-62-92-108(86(75-128)76-129)121-110(112(92)133)118-101(146-121)68-90(78-131)140-118/h49-50,59-62,65-72,81-84H,9-48,51-58,63-64,79-80H2,1-8H3/b59-49+,60-50+,91-61-,92-62-. The van der Waals surface area contributed by atoms with Crippen LogP contribution >= 0.6 is 171 Å². The van der Waals surface area contributed by atoms with Gasteiger partial charge in [-0.2, -0.15) is 31.6 Å². The maximum absolute atomic E-state index is 15.0. The Labute approximate surface area is 939 Å². The van der Waals surface area contributed by atoms with Crippen LogP contribution in [0.4, 0.5) is 0 Å². The highest BCUT2D eigenvalue weighted by Gasteiger charge is 2.51. The minimum Gasteiger partial charge on any atom is -0.468 e. The first kappa shape index (κ1) is 116. The van der Waals surface area contributed by atoms with Crippen LogP contribution in [0.5, 0.6) is 5.75 Å². The van der Waals surface area contributed by atoms with Gasteiger partial charge in [-0.15, -0.1) is 148 Å². The van der Waals surface area contributed by atoms with E-state index in [0.29, 0.717) is 86.0 Å². The summed E-state index contributed by atoms with van der Waals surface area (Å²) in [4.78, 5) is 48.1. The van der Waals surface area contributed by atoms with Crippen molar-refractivity contribution in [3.05, 3.63) is 171 Å². The van der Waals surface area contributed by atoms with Gasteiger partial charge >= 0.3 is 0 Å². The van der Waals surface area contributed by atoms with Crippen LogP contribution in [-0.2, 0) is 18.4 Å². The molecule has 147 heavy (non-hydrogen) atoms. The number of ether oxygens (including phenoxy) is 1. The first-order valence-electron chi connectivity index (χ1n) is 55.4. The highest BCUT2D eigenvalue weighted by molar-refractivity contribution is 7.99. The van der Waals surface area contributed by atoms with Crippen LogP contribution in [0, 0.1) is 91.7 Å². The molecule has 0 saturated carbocycles. The number of allylic oxidation sites excluding steroid dienone is 10. The molecule has 11 aromatic heterocycles. The summed E-state index contributed by atoms with van der Waals surface area (Å²) in [5.74, 6) is 4.35. The number of nitrogens with zero attached hydrogens (tertiary/aromatic N) is 6. The third-order valence-corrected chi connectivity index (χ3v) is 46.6. The molecule has 0 radical (unpaired) electrons. The summed E-state index contributed by atoms with van der Waals surface area (Å²) in [6, 6.07) is 31.0. The summed E-state index contributed by atoms with van der Waals surface area (Å²) in [7, 11) is 0. The molecule has 0 fully saturated rings. The van der Waals surface area contributed by atoms with Crippen LogP contribution in [0.1, 0.15) is 439 Å². The van der Waals surface area contributed by atoms with E-state index >= 15 is 4.79 Å². The normalized spacial score (nSPS) is 15.3. The Balaban J connectivity index is 0.965. The lowest BCUT2D eigenvalue weighted by atomic mass is 9.87. The number of carbonyl (C=O) groups is 2. The molecule has 4 unspecified atom stereocenters. The van der Waals surface area contributed by atoms with Crippen LogP contribution in [0.2, 0.25) is 10.0 Å². The summed E-state index contributed by atoms with van der Waals surface area (Å²) in [6.07, 6.45) is 72.5. The fourth-order valence-electron chi connectivity index (χ4n) is 21.3. The van der Waals surface area contributed by atoms with E-state index in [0.717, 1.165) is 98.6 Å². The van der Waals surface area contributed by atoms with Gasteiger partial charge in [-0.25, -0.2) is 0 Å². The lowest BCUT2D eigenvalue weighted by molar-refractivity contribution is 0.103. The molecule has 778 valence electrons. The Hall–Kier alpha value is -6.72. The second kappa shape index (κ2) is 59.7. The van der Waals surface area contributed by atoms with Crippen molar-refractivity contribution >= 4 is 234 Å². The molecule has 11 aromatic rings. The van der Waals surface area contributed by atoms with Gasteiger partial charge in [0, 0.05) is 87.8 Å². The van der Waals surface area contributed by atoms with Crippen LogP contribution in [0.3, 0.4) is 0 Å². The van der Waals surface area contributed by atoms with E-state index in [2.05, 4.69) is 140 Å². The van der Waals surface area contributed by atoms with Crippen molar-refractivity contribution < 1.29 is 14.3 Å². The highest BCUT2D eigenvalue weighted by atomic mass is 35.5. The molecule has 0 bridgehead atoms. The van der Waals surface area contributed by atoms with Crippen molar-refractivity contribution in [3.63, 3.8) is 0 Å². The Bertz CT molecular complexity index is 6620. The zero-order valence-corrected chi connectivity index (χ0v) is 99.8. The SMILES string of the molecule is CCCCCCCCC(CCCCCC)CSc1cc(/C=C/C=C2\C(=O)c3c(sc4cc(C#N)sc34)C2=C(C#N)C#N)sc1-c1cc2c(s1)-c1sc3cc(-c4sc(/C=C/C=C5\C(=O)c6c(sc7cc(C#N)sc67)C5=C(C#N)C#N)cc4SCC(CCCCCC)CCCCCCCC)sc3c1OC2(c1cc(Cl)c(CC(CCCCCC)CCCCCCCC)s1)c1cc(Cl)c(CC(CCCCCC)CCCCCCCC)s1. The van der Waals surface area contributed by atoms with Crippen molar-refractivity contribution in [2.75, 3.05) is 11.5 Å². The van der Waals surface area contributed by atoms with Gasteiger partial charge in [-0.1, -0.05) is 385 Å². The smallest absolute Gasteiger partial charge is 0.204 e. The Kier molecular flexibility index (Phi) is 47.0. The molecule has 0 amide bonds. The monoisotopic (exact) mass is 2240 g/mol. The number of ketones is 2. The zero-order chi connectivity index (χ0) is 104. The molecular weight excluding hydrogens is 2100 g/mol. The molecule has 24 heteroatoms. The fourth-order valence-corrected chi connectivity index (χ4v) is 39.0. The number of rotatable bonds is 66. The molecule has 12 heterocycles. The number of thiophene rings is 11. The number of hydrogen-bond donors (Lipinski definition) is 0. The summed E-state index contributed by atoms with van der Waals surface area (Å²) in [5.41, 5.74) is 1.88.